The molecule has 1 amide bonds. The molecule has 0 heterocycles. The number of carbonyl (C=O) groups excluding carboxylic acids is 1. The number of amides is 1. The van der Waals surface area contributed by atoms with Gasteiger partial charge in [0.1, 0.15) is 0 Å². The number of hydrogen-bond acceptors (Lipinski definition) is 1. The number of benzene rings is 2. The van der Waals surface area contributed by atoms with Gasteiger partial charge in [0.2, 0.25) is 0 Å². The first-order chi connectivity index (χ1) is 9.47. The van der Waals surface area contributed by atoms with E-state index < -0.39 is 0 Å². The molecule has 0 saturated heterocycles. The van der Waals surface area contributed by atoms with E-state index in [0.29, 0.717) is 5.56 Å². The van der Waals surface area contributed by atoms with E-state index in [9.17, 15) is 4.79 Å². The number of para-hydroxylation sites is 1. The molecule has 2 rings (SSSR count). The Hall–Kier alpha value is -0.840. The van der Waals surface area contributed by atoms with Crippen LogP contribution >= 0.6 is 43.5 Å². The minimum Gasteiger partial charge on any atom is -0.322 e. The van der Waals surface area contributed by atoms with Gasteiger partial charge in [0.15, 0.2) is 0 Å². The second-order valence-electron chi connectivity index (χ2n) is 4.32. The van der Waals surface area contributed by atoms with E-state index in [1.807, 2.05) is 37.3 Å². The second kappa shape index (κ2) is 6.74. The van der Waals surface area contributed by atoms with E-state index >= 15 is 0 Å². The van der Waals surface area contributed by atoms with Gasteiger partial charge < -0.3 is 5.32 Å². The van der Waals surface area contributed by atoms with Crippen LogP contribution in [0.15, 0.2) is 51.4 Å². The Bertz CT molecular complexity index is 623. The van der Waals surface area contributed by atoms with Gasteiger partial charge in [-0.25, -0.2) is 0 Å². The molecule has 0 aliphatic carbocycles. The third kappa shape index (κ3) is 3.84. The molecule has 2 aromatic rings. The van der Waals surface area contributed by atoms with E-state index in [1.54, 1.807) is 12.1 Å². The van der Waals surface area contributed by atoms with Crippen LogP contribution in [0.25, 0.3) is 0 Å². The van der Waals surface area contributed by atoms with Gasteiger partial charge in [0.05, 0.1) is 5.38 Å². The van der Waals surface area contributed by atoms with Gasteiger partial charge in [-0.05, 0) is 36.8 Å². The highest BCUT2D eigenvalue weighted by Gasteiger charge is 2.12. The average Bonchev–Trinajstić information content (AvgIpc) is 2.37. The Morgan fingerprint density at radius 2 is 1.75 bits per heavy atom. The molecule has 0 aromatic heterocycles. The number of nitrogens with one attached hydrogen (secondary N) is 1. The highest BCUT2D eigenvalue weighted by molar-refractivity contribution is 9.11. The zero-order valence-corrected chi connectivity index (χ0v) is 14.6. The van der Waals surface area contributed by atoms with Crippen LogP contribution in [0.4, 0.5) is 5.69 Å². The molecule has 20 heavy (non-hydrogen) atoms. The van der Waals surface area contributed by atoms with E-state index in [-0.39, 0.29) is 11.3 Å². The molecule has 0 aliphatic heterocycles. The molecule has 2 aromatic carbocycles. The molecule has 1 atom stereocenters. The summed E-state index contributed by atoms with van der Waals surface area (Å²) in [6.07, 6.45) is 0. The first-order valence-electron chi connectivity index (χ1n) is 5.98. The van der Waals surface area contributed by atoms with Crippen molar-refractivity contribution in [3.8, 4) is 0 Å². The van der Waals surface area contributed by atoms with Crippen molar-refractivity contribution in [2.75, 3.05) is 5.32 Å². The van der Waals surface area contributed by atoms with Crippen molar-refractivity contribution < 1.29 is 4.79 Å². The number of alkyl halides is 1. The van der Waals surface area contributed by atoms with Crippen LogP contribution in [0.3, 0.4) is 0 Å². The van der Waals surface area contributed by atoms with Crippen molar-refractivity contribution in [3.05, 3.63) is 62.5 Å². The van der Waals surface area contributed by atoms with Crippen LogP contribution in [0, 0.1) is 0 Å². The van der Waals surface area contributed by atoms with Crippen LogP contribution in [0.1, 0.15) is 28.2 Å². The van der Waals surface area contributed by atoms with E-state index in [0.717, 1.165) is 20.2 Å². The number of halogens is 3. The maximum Gasteiger partial charge on any atom is 0.255 e. The predicted molar refractivity (Wildman–Crippen MR) is 90.5 cm³/mol. The largest absolute Gasteiger partial charge is 0.322 e. The van der Waals surface area contributed by atoms with Crippen LogP contribution < -0.4 is 5.32 Å². The highest BCUT2D eigenvalue weighted by Crippen LogP contribution is 2.28. The van der Waals surface area contributed by atoms with Crippen molar-refractivity contribution in [3.63, 3.8) is 0 Å². The highest BCUT2D eigenvalue weighted by atomic mass is 79.9. The SMILES string of the molecule is CC(Cl)c1ccccc1NC(=O)c1cc(Br)cc(Br)c1. The summed E-state index contributed by atoms with van der Waals surface area (Å²) in [5.41, 5.74) is 2.20. The van der Waals surface area contributed by atoms with Crippen LogP contribution in [-0.4, -0.2) is 5.91 Å². The number of hydrogen-bond donors (Lipinski definition) is 1. The van der Waals surface area contributed by atoms with Gasteiger partial charge >= 0.3 is 0 Å². The topological polar surface area (TPSA) is 29.1 Å². The molecule has 0 radical (unpaired) electrons. The van der Waals surface area contributed by atoms with Gasteiger partial charge in [-0.2, -0.15) is 0 Å². The Morgan fingerprint density at radius 1 is 1.15 bits per heavy atom. The fraction of sp³-hybridized carbons (Fsp3) is 0.133. The van der Waals surface area contributed by atoms with E-state index in [1.165, 1.54) is 0 Å². The Balaban J connectivity index is 2.28. The fourth-order valence-electron chi connectivity index (χ4n) is 1.84. The molecule has 2 nitrogen and oxygen atoms in total. The lowest BCUT2D eigenvalue weighted by Gasteiger charge is -2.12. The molecule has 0 saturated carbocycles. The summed E-state index contributed by atoms with van der Waals surface area (Å²) in [6.45, 7) is 1.88. The van der Waals surface area contributed by atoms with Gasteiger partial charge in [-0.15, -0.1) is 11.6 Å². The van der Waals surface area contributed by atoms with Gasteiger partial charge in [-0.3, -0.25) is 4.79 Å². The maximum atomic E-state index is 12.3. The second-order valence-corrected chi connectivity index (χ2v) is 6.80. The van der Waals surface area contributed by atoms with Gasteiger partial charge in [-0.1, -0.05) is 50.1 Å². The molecule has 0 bridgehead atoms. The van der Waals surface area contributed by atoms with Crippen LogP contribution in [-0.2, 0) is 0 Å². The summed E-state index contributed by atoms with van der Waals surface area (Å²) in [5.74, 6) is -0.170. The molecule has 0 aliphatic rings. The monoisotopic (exact) mass is 415 g/mol. The predicted octanol–water partition coefficient (Wildman–Crippen LogP) is 5.76. The summed E-state index contributed by atoms with van der Waals surface area (Å²) in [4.78, 5) is 12.3. The van der Waals surface area contributed by atoms with Crippen molar-refractivity contribution in [2.24, 2.45) is 0 Å². The maximum absolute atomic E-state index is 12.3. The third-order valence-electron chi connectivity index (χ3n) is 2.76. The lowest BCUT2D eigenvalue weighted by atomic mass is 10.1. The summed E-state index contributed by atoms with van der Waals surface area (Å²) in [7, 11) is 0. The zero-order valence-electron chi connectivity index (χ0n) is 10.7. The molecule has 1 unspecified atom stereocenters. The number of anilines is 1. The van der Waals surface area contributed by atoms with Crippen LogP contribution in [0.5, 0.6) is 0 Å². The molecule has 0 spiro atoms. The first-order valence-corrected chi connectivity index (χ1v) is 8.00. The molecule has 1 N–H and O–H groups in total. The minimum absolute atomic E-state index is 0.166. The Labute approximate surface area is 139 Å². The molecule has 5 heteroatoms. The summed E-state index contributed by atoms with van der Waals surface area (Å²) in [6, 6.07) is 12.9. The lowest BCUT2D eigenvalue weighted by molar-refractivity contribution is 0.102. The third-order valence-corrected chi connectivity index (χ3v) is 3.91. The molecular weight excluding hydrogens is 405 g/mol. The lowest BCUT2D eigenvalue weighted by Crippen LogP contribution is -2.13. The summed E-state index contributed by atoms with van der Waals surface area (Å²) >= 11 is 12.9. The standard InChI is InChI=1S/C15H12Br2ClNO/c1-9(18)13-4-2-3-5-14(13)19-15(20)10-6-11(16)8-12(17)7-10/h2-9H,1H3,(H,19,20). The normalized spacial score (nSPS) is 12.0. The van der Waals surface area contributed by atoms with Crippen molar-refractivity contribution >= 4 is 55.1 Å². The Kier molecular flexibility index (Phi) is 5.24. The molecule has 104 valence electrons. The van der Waals surface area contributed by atoms with Crippen LogP contribution in [0.2, 0.25) is 0 Å². The van der Waals surface area contributed by atoms with Crippen molar-refractivity contribution in [2.45, 2.75) is 12.3 Å². The number of rotatable bonds is 3. The average molecular weight is 418 g/mol. The number of carbonyl (C=O) groups is 1. The summed E-state index contributed by atoms with van der Waals surface area (Å²) < 4.78 is 1.69. The zero-order chi connectivity index (χ0) is 14.7. The van der Waals surface area contributed by atoms with E-state index in [4.69, 9.17) is 11.6 Å². The quantitative estimate of drug-likeness (QED) is 0.632. The first kappa shape index (κ1) is 15.5. The van der Waals surface area contributed by atoms with E-state index in [2.05, 4.69) is 37.2 Å². The van der Waals surface area contributed by atoms with Crippen molar-refractivity contribution in [1.29, 1.82) is 0 Å². The van der Waals surface area contributed by atoms with Crippen molar-refractivity contribution in [1.82, 2.24) is 0 Å². The Morgan fingerprint density at radius 3 is 2.35 bits per heavy atom. The molecular formula is C15H12Br2ClNO. The summed E-state index contributed by atoms with van der Waals surface area (Å²) in [5, 5.41) is 2.73. The smallest absolute Gasteiger partial charge is 0.255 e. The van der Waals surface area contributed by atoms with Gasteiger partial charge in [0, 0.05) is 20.2 Å². The molecule has 0 fully saturated rings. The fourth-order valence-corrected chi connectivity index (χ4v) is 3.32. The minimum atomic E-state index is -0.170. The van der Waals surface area contributed by atoms with Gasteiger partial charge in [0.25, 0.3) is 5.91 Å².